The second kappa shape index (κ2) is 8.54. The molecule has 0 saturated heterocycles. The molecule has 0 amide bonds. The second-order valence-corrected chi connectivity index (χ2v) is 2.52. The fraction of sp³-hybridized carbons (Fsp3) is 0. The Bertz CT molecular complexity index is 311. The van der Waals surface area contributed by atoms with Crippen LogP contribution < -0.4 is 0 Å². The van der Waals surface area contributed by atoms with Gasteiger partial charge >= 0.3 is 0 Å². The zero-order chi connectivity index (χ0) is 10.2. The fourth-order valence-electron chi connectivity index (χ4n) is 0.756. The third-order valence-corrected chi connectivity index (χ3v) is 1.40. The molecule has 0 saturated carbocycles. The third-order valence-electron chi connectivity index (χ3n) is 1.40. The number of phenols is 2. The predicted octanol–water partition coefficient (Wildman–Crippen LogP) is 2.38. The zero-order valence-electron chi connectivity index (χ0n) is 8.09. The van der Waals surface area contributed by atoms with Crippen LogP contribution >= 0.6 is 0 Å². The van der Waals surface area contributed by atoms with Crippen LogP contribution in [0.1, 0.15) is 0 Å². The van der Waals surface area contributed by atoms with Crippen molar-refractivity contribution in [2.24, 2.45) is 0 Å². The number of hydrogen-bond donors (Lipinski definition) is 2. The number of benzene rings is 2. The Hall–Kier alpha value is -0.765. The van der Waals surface area contributed by atoms with Gasteiger partial charge < -0.3 is 10.2 Å². The van der Waals surface area contributed by atoms with Crippen LogP contribution in [-0.4, -0.2) is 10.2 Å². The molecule has 0 aliphatic heterocycles. The molecular weight excluding hydrogens is 315 g/mol. The minimum absolute atomic E-state index is 0. The van der Waals surface area contributed by atoms with E-state index in [1.807, 2.05) is 0 Å². The van der Waals surface area contributed by atoms with Gasteiger partial charge in [0.15, 0.2) is 0 Å². The van der Waals surface area contributed by atoms with Crippen molar-refractivity contribution in [2.45, 2.75) is 0 Å². The van der Waals surface area contributed by atoms with Crippen LogP contribution in [0.25, 0.3) is 0 Å². The molecule has 2 rings (SSSR count). The molecular formula is C12H10LaO2-2. The third kappa shape index (κ3) is 7.20. The maximum absolute atomic E-state index is 8.61. The SMILES string of the molecule is Oc1cc[c-]cc1.Oc1cc[c-]cc1.[La]. The maximum atomic E-state index is 8.61. The van der Waals surface area contributed by atoms with E-state index in [1.165, 1.54) is 0 Å². The quantitative estimate of drug-likeness (QED) is 0.730. The molecule has 15 heavy (non-hydrogen) atoms. The first-order valence-electron chi connectivity index (χ1n) is 4.09. The number of aromatic hydroxyl groups is 2. The monoisotopic (exact) mass is 325 g/mol. The molecule has 2 N–H and O–H groups in total. The van der Waals surface area contributed by atoms with Gasteiger partial charge in [0.1, 0.15) is 0 Å². The van der Waals surface area contributed by atoms with Crippen molar-refractivity contribution in [1.82, 2.24) is 0 Å². The average Bonchev–Trinajstić information content (AvgIpc) is 2.21. The number of hydrogen-bond acceptors (Lipinski definition) is 2. The van der Waals surface area contributed by atoms with E-state index in [0.29, 0.717) is 11.5 Å². The van der Waals surface area contributed by atoms with Gasteiger partial charge in [-0.15, -0.1) is 24.3 Å². The van der Waals surface area contributed by atoms with E-state index in [1.54, 1.807) is 48.5 Å². The van der Waals surface area contributed by atoms with Gasteiger partial charge in [0, 0.05) is 47.1 Å². The van der Waals surface area contributed by atoms with E-state index in [9.17, 15) is 0 Å². The van der Waals surface area contributed by atoms with Crippen molar-refractivity contribution in [3.8, 4) is 11.5 Å². The van der Waals surface area contributed by atoms with Crippen molar-refractivity contribution >= 4 is 0 Å². The first-order valence-corrected chi connectivity index (χ1v) is 4.09. The first kappa shape index (κ1) is 14.2. The molecule has 0 atom stereocenters. The van der Waals surface area contributed by atoms with E-state index in [0.717, 1.165) is 0 Å². The summed E-state index contributed by atoms with van der Waals surface area (Å²) in [5.41, 5.74) is 0. The van der Waals surface area contributed by atoms with Gasteiger partial charge in [-0.25, -0.2) is 0 Å². The molecule has 1 radical (unpaired) electrons. The summed E-state index contributed by atoms with van der Waals surface area (Å²) in [5, 5.41) is 17.2. The number of phenolic OH excluding ortho intramolecular Hbond substituents is 2. The average molecular weight is 325 g/mol. The van der Waals surface area contributed by atoms with Gasteiger partial charge in [-0.2, -0.15) is 36.4 Å². The summed E-state index contributed by atoms with van der Waals surface area (Å²) < 4.78 is 0. The standard InChI is InChI=1S/2C6H5O.La/c2*7-6-4-2-1-3-5-6;/h2*2-5,7H;/q2*-1;. The number of rotatable bonds is 0. The summed E-state index contributed by atoms with van der Waals surface area (Å²) in [6, 6.07) is 18.5. The summed E-state index contributed by atoms with van der Waals surface area (Å²) in [6.45, 7) is 0. The molecule has 0 spiro atoms. The summed E-state index contributed by atoms with van der Waals surface area (Å²) in [6.07, 6.45) is 0. The van der Waals surface area contributed by atoms with Crippen molar-refractivity contribution in [1.29, 1.82) is 0 Å². The normalized spacial score (nSPS) is 8.00. The summed E-state index contributed by atoms with van der Waals surface area (Å²) in [5.74, 6) is 0.581. The summed E-state index contributed by atoms with van der Waals surface area (Å²) in [4.78, 5) is 0. The van der Waals surface area contributed by atoms with Crippen LogP contribution in [0.5, 0.6) is 11.5 Å². The van der Waals surface area contributed by atoms with Gasteiger partial charge in [0.25, 0.3) is 0 Å². The van der Waals surface area contributed by atoms with Crippen LogP contribution in [0, 0.1) is 47.7 Å². The molecule has 2 aromatic carbocycles. The minimum Gasteiger partial charge on any atom is -0.533 e. The Balaban J connectivity index is 0.000000245. The smallest absolute Gasteiger partial charge is 0.00821 e. The van der Waals surface area contributed by atoms with Gasteiger partial charge in [-0.3, -0.25) is 0 Å². The molecule has 0 unspecified atom stereocenters. The molecule has 75 valence electrons. The van der Waals surface area contributed by atoms with Gasteiger partial charge in [0.05, 0.1) is 0 Å². The topological polar surface area (TPSA) is 40.5 Å². The molecule has 0 heterocycles. The largest absolute Gasteiger partial charge is 0.533 e. The molecule has 0 bridgehead atoms. The van der Waals surface area contributed by atoms with Crippen molar-refractivity contribution < 1.29 is 45.8 Å². The zero-order valence-corrected chi connectivity index (χ0v) is 11.7. The molecule has 0 aliphatic carbocycles. The van der Waals surface area contributed by atoms with Crippen LogP contribution in [0.15, 0.2) is 48.5 Å². The van der Waals surface area contributed by atoms with Gasteiger partial charge in [-0.05, 0) is 0 Å². The van der Waals surface area contributed by atoms with E-state index in [4.69, 9.17) is 10.2 Å². The van der Waals surface area contributed by atoms with Crippen molar-refractivity contribution in [3.05, 3.63) is 60.7 Å². The Labute approximate surface area is 117 Å². The molecule has 2 nitrogen and oxygen atoms in total. The Morgan fingerprint density at radius 2 is 0.933 bits per heavy atom. The minimum atomic E-state index is 0. The summed E-state index contributed by atoms with van der Waals surface area (Å²) >= 11 is 0. The predicted molar refractivity (Wildman–Crippen MR) is 53.9 cm³/mol. The van der Waals surface area contributed by atoms with Gasteiger partial charge in [-0.1, -0.05) is 0 Å². The van der Waals surface area contributed by atoms with Crippen molar-refractivity contribution in [3.63, 3.8) is 0 Å². The van der Waals surface area contributed by atoms with Crippen LogP contribution in [0.2, 0.25) is 0 Å². The molecule has 3 heteroatoms. The van der Waals surface area contributed by atoms with E-state index in [-0.39, 0.29) is 35.6 Å². The Morgan fingerprint density at radius 1 is 0.667 bits per heavy atom. The van der Waals surface area contributed by atoms with E-state index in [2.05, 4.69) is 12.1 Å². The van der Waals surface area contributed by atoms with Crippen LogP contribution in [-0.2, 0) is 0 Å². The molecule has 0 aliphatic rings. The Kier molecular flexibility index (Phi) is 8.10. The maximum Gasteiger partial charge on any atom is 0.00821 e. The Morgan fingerprint density at radius 3 is 1.07 bits per heavy atom. The molecule has 0 fully saturated rings. The second-order valence-electron chi connectivity index (χ2n) is 2.52. The van der Waals surface area contributed by atoms with Crippen LogP contribution in [0.3, 0.4) is 0 Å². The van der Waals surface area contributed by atoms with Crippen LogP contribution in [0.4, 0.5) is 0 Å². The molecule has 0 aromatic heterocycles. The molecule has 2 aromatic rings. The van der Waals surface area contributed by atoms with E-state index >= 15 is 0 Å². The fourth-order valence-corrected chi connectivity index (χ4v) is 0.756. The van der Waals surface area contributed by atoms with E-state index < -0.39 is 0 Å². The first-order chi connectivity index (χ1) is 6.79. The summed E-state index contributed by atoms with van der Waals surface area (Å²) in [7, 11) is 0. The van der Waals surface area contributed by atoms with Crippen molar-refractivity contribution in [2.75, 3.05) is 0 Å². The van der Waals surface area contributed by atoms with Gasteiger partial charge in [0.2, 0.25) is 0 Å².